The lowest BCUT2D eigenvalue weighted by atomic mass is 10.3. The van der Waals surface area contributed by atoms with Crippen molar-refractivity contribution < 1.29 is 4.79 Å². The van der Waals surface area contributed by atoms with Crippen molar-refractivity contribution >= 4 is 57.9 Å². The maximum Gasteiger partial charge on any atom is 0.234 e. The monoisotopic (exact) mass is 424 g/mol. The number of carbonyl (C=O) groups excluding carboxylic acids is 1. The van der Waals surface area contributed by atoms with Gasteiger partial charge >= 0.3 is 0 Å². The lowest BCUT2D eigenvalue weighted by Gasteiger charge is -2.09. The van der Waals surface area contributed by atoms with Crippen molar-refractivity contribution in [1.82, 2.24) is 14.8 Å². The Labute approximate surface area is 168 Å². The molecule has 0 bridgehead atoms. The Morgan fingerprint density at radius 3 is 2.88 bits per heavy atom. The van der Waals surface area contributed by atoms with Crippen LogP contribution in [0.1, 0.15) is 18.9 Å². The second kappa shape index (κ2) is 7.60. The summed E-state index contributed by atoms with van der Waals surface area (Å²) in [6.45, 7) is 0. The first-order valence-electron chi connectivity index (χ1n) is 7.98. The summed E-state index contributed by atoms with van der Waals surface area (Å²) in [7, 11) is 0. The van der Waals surface area contributed by atoms with E-state index >= 15 is 0 Å². The first-order chi connectivity index (χ1) is 12.6. The van der Waals surface area contributed by atoms with Crippen molar-refractivity contribution in [3.05, 3.63) is 45.8 Å². The van der Waals surface area contributed by atoms with Crippen molar-refractivity contribution in [3.8, 4) is 10.7 Å². The van der Waals surface area contributed by atoms with Gasteiger partial charge in [0, 0.05) is 11.1 Å². The van der Waals surface area contributed by atoms with E-state index in [-0.39, 0.29) is 11.7 Å². The number of amides is 1. The molecule has 1 aromatic carbocycles. The van der Waals surface area contributed by atoms with E-state index in [1.165, 1.54) is 11.8 Å². The Balaban J connectivity index is 1.46. The Kier molecular flexibility index (Phi) is 5.22. The fourth-order valence-corrected chi connectivity index (χ4v) is 4.37. The minimum Gasteiger partial charge on any atom is -0.324 e. The molecule has 0 spiro atoms. The van der Waals surface area contributed by atoms with Crippen molar-refractivity contribution in [2.24, 2.45) is 0 Å². The summed E-state index contributed by atoms with van der Waals surface area (Å²) >= 11 is 15.1. The Bertz CT molecular complexity index is 938. The molecule has 0 radical (unpaired) electrons. The number of thiophene rings is 1. The molecular weight excluding hydrogens is 411 g/mol. The molecular formula is C17H14Cl2N4OS2. The Hall–Kier alpha value is -1.54. The number of nitrogens with zero attached hydrogens (tertiary/aromatic N) is 3. The second-order valence-electron chi connectivity index (χ2n) is 5.85. The first-order valence-corrected chi connectivity index (χ1v) is 10.6. The maximum atomic E-state index is 12.3. The van der Waals surface area contributed by atoms with Crippen molar-refractivity contribution in [2.45, 2.75) is 24.0 Å². The number of halogens is 2. The molecule has 26 heavy (non-hydrogen) atoms. The molecule has 1 N–H and O–H groups in total. The first kappa shape index (κ1) is 17.9. The van der Waals surface area contributed by atoms with Gasteiger partial charge in [-0.25, -0.2) is 0 Å². The third-order valence-electron chi connectivity index (χ3n) is 3.85. The zero-order valence-electron chi connectivity index (χ0n) is 13.5. The van der Waals surface area contributed by atoms with E-state index in [1.807, 2.05) is 17.5 Å². The van der Waals surface area contributed by atoms with Crippen LogP contribution in [0.5, 0.6) is 0 Å². The SMILES string of the molecule is O=C(CSc1nnc(-c2cccs2)n1C1CC1)Nc1cc(Cl)ccc1Cl. The van der Waals surface area contributed by atoms with Crippen LogP contribution in [0.15, 0.2) is 40.9 Å². The van der Waals surface area contributed by atoms with E-state index in [4.69, 9.17) is 23.2 Å². The van der Waals surface area contributed by atoms with E-state index in [0.717, 1.165) is 28.7 Å². The molecule has 3 aromatic rings. The fourth-order valence-electron chi connectivity index (χ4n) is 2.52. The summed E-state index contributed by atoms with van der Waals surface area (Å²) in [6.07, 6.45) is 2.24. The van der Waals surface area contributed by atoms with Crippen molar-refractivity contribution in [3.63, 3.8) is 0 Å². The number of hydrogen-bond acceptors (Lipinski definition) is 5. The number of anilines is 1. The third kappa shape index (κ3) is 3.91. The van der Waals surface area contributed by atoms with E-state index in [1.54, 1.807) is 29.5 Å². The average molecular weight is 425 g/mol. The van der Waals surface area contributed by atoms with Crippen LogP contribution in [-0.4, -0.2) is 26.4 Å². The molecule has 1 amide bonds. The van der Waals surface area contributed by atoms with Gasteiger partial charge in [0.05, 0.1) is 21.3 Å². The second-order valence-corrected chi connectivity index (χ2v) is 8.58. The van der Waals surface area contributed by atoms with Gasteiger partial charge in [0.1, 0.15) is 0 Å². The fraction of sp³-hybridized carbons (Fsp3) is 0.235. The van der Waals surface area contributed by atoms with E-state index in [2.05, 4.69) is 20.1 Å². The van der Waals surface area contributed by atoms with Gasteiger partial charge in [-0.3, -0.25) is 9.36 Å². The number of thioether (sulfide) groups is 1. The Morgan fingerprint density at radius 1 is 1.31 bits per heavy atom. The topological polar surface area (TPSA) is 59.8 Å². The van der Waals surface area contributed by atoms with Crippen LogP contribution in [0.3, 0.4) is 0 Å². The standard InChI is InChI=1S/C17H14Cl2N4OS2/c18-10-3-6-12(19)13(8-10)20-15(24)9-26-17-22-21-16(14-2-1-7-25-14)23(17)11-4-5-11/h1-3,6-8,11H,4-5,9H2,(H,20,24). The largest absolute Gasteiger partial charge is 0.324 e. The summed E-state index contributed by atoms with van der Waals surface area (Å²) < 4.78 is 2.15. The minimum atomic E-state index is -0.165. The van der Waals surface area contributed by atoms with E-state index in [0.29, 0.717) is 21.8 Å². The van der Waals surface area contributed by atoms with Crippen LogP contribution >= 0.6 is 46.3 Å². The van der Waals surface area contributed by atoms with Gasteiger partial charge in [-0.2, -0.15) is 0 Å². The summed E-state index contributed by atoms with van der Waals surface area (Å²) in [4.78, 5) is 13.4. The van der Waals surface area contributed by atoms with E-state index in [9.17, 15) is 4.79 Å². The molecule has 1 saturated carbocycles. The van der Waals surface area contributed by atoms with Crippen molar-refractivity contribution in [1.29, 1.82) is 0 Å². The average Bonchev–Trinajstić information content (AvgIpc) is 3.15. The molecule has 0 aliphatic heterocycles. The van der Waals surface area contributed by atoms with Crippen molar-refractivity contribution in [2.75, 3.05) is 11.1 Å². The number of nitrogens with one attached hydrogen (secondary N) is 1. The highest BCUT2D eigenvalue weighted by molar-refractivity contribution is 7.99. The quantitative estimate of drug-likeness (QED) is 0.539. The number of carbonyl (C=O) groups is 1. The highest BCUT2D eigenvalue weighted by Gasteiger charge is 2.30. The zero-order valence-corrected chi connectivity index (χ0v) is 16.6. The molecule has 134 valence electrons. The van der Waals surface area contributed by atoms with Crippen LogP contribution in [-0.2, 0) is 4.79 Å². The number of hydrogen-bond donors (Lipinski definition) is 1. The molecule has 1 aliphatic rings. The van der Waals surface area contributed by atoms with Crippen LogP contribution in [0.2, 0.25) is 10.0 Å². The molecule has 1 fully saturated rings. The van der Waals surface area contributed by atoms with Gasteiger partial charge in [-0.15, -0.1) is 21.5 Å². The zero-order chi connectivity index (χ0) is 18.1. The predicted molar refractivity (Wildman–Crippen MR) is 107 cm³/mol. The normalized spacial score (nSPS) is 13.8. The molecule has 4 rings (SSSR count). The summed E-state index contributed by atoms with van der Waals surface area (Å²) in [5.41, 5.74) is 0.507. The van der Waals surface area contributed by atoms with Gasteiger partial charge in [-0.1, -0.05) is 41.0 Å². The highest BCUT2D eigenvalue weighted by atomic mass is 35.5. The van der Waals surface area contributed by atoms with Gasteiger partial charge in [0.15, 0.2) is 11.0 Å². The Morgan fingerprint density at radius 2 is 2.15 bits per heavy atom. The van der Waals surface area contributed by atoms with Crippen LogP contribution < -0.4 is 5.32 Å². The van der Waals surface area contributed by atoms with Gasteiger partial charge in [-0.05, 0) is 42.5 Å². The van der Waals surface area contributed by atoms with Gasteiger partial charge in [0.2, 0.25) is 5.91 Å². The molecule has 1 aliphatic carbocycles. The molecule has 2 aromatic heterocycles. The maximum absolute atomic E-state index is 12.3. The van der Waals surface area contributed by atoms with Crippen LogP contribution in [0.25, 0.3) is 10.7 Å². The third-order valence-corrected chi connectivity index (χ3v) is 6.23. The number of aromatic nitrogens is 3. The lowest BCUT2D eigenvalue weighted by molar-refractivity contribution is -0.113. The van der Waals surface area contributed by atoms with Crippen LogP contribution in [0.4, 0.5) is 5.69 Å². The smallest absolute Gasteiger partial charge is 0.234 e. The van der Waals surface area contributed by atoms with E-state index < -0.39 is 0 Å². The molecule has 0 atom stereocenters. The number of benzene rings is 1. The van der Waals surface area contributed by atoms with Gasteiger partial charge < -0.3 is 5.32 Å². The summed E-state index contributed by atoms with van der Waals surface area (Å²) in [5.74, 6) is 0.934. The number of rotatable bonds is 6. The molecule has 0 saturated heterocycles. The molecule has 2 heterocycles. The summed E-state index contributed by atoms with van der Waals surface area (Å²) in [6, 6.07) is 9.43. The summed E-state index contributed by atoms with van der Waals surface area (Å²) in [5, 5.41) is 15.2. The predicted octanol–water partition coefficient (Wildman–Crippen LogP) is 5.38. The highest BCUT2D eigenvalue weighted by Crippen LogP contribution is 2.41. The van der Waals surface area contributed by atoms with Gasteiger partial charge in [0.25, 0.3) is 0 Å². The lowest BCUT2D eigenvalue weighted by Crippen LogP contribution is -2.15. The molecule has 5 nitrogen and oxygen atoms in total. The molecule has 9 heteroatoms. The molecule has 0 unspecified atom stereocenters. The minimum absolute atomic E-state index is 0.165. The van der Waals surface area contributed by atoms with Crippen LogP contribution in [0, 0.1) is 0 Å².